The van der Waals surface area contributed by atoms with Gasteiger partial charge in [-0.3, -0.25) is 4.79 Å². The Morgan fingerprint density at radius 3 is 2.96 bits per heavy atom. The number of nitrogens with zero attached hydrogens (tertiary/aromatic N) is 2. The molecule has 1 aromatic heterocycles. The number of halogens is 1. The van der Waals surface area contributed by atoms with Gasteiger partial charge in [0.15, 0.2) is 0 Å². The van der Waals surface area contributed by atoms with Crippen molar-refractivity contribution in [3.8, 4) is 0 Å². The van der Waals surface area contributed by atoms with Gasteiger partial charge in [-0.25, -0.2) is 9.37 Å². The number of aromatic nitrogens is 2. The Labute approximate surface area is 140 Å². The molecule has 130 valence electrons. The lowest BCUT2D eigenvalue weighted by Crippen LogP contribution is -2.45. The van der Waals surface area contributed by atoms with Gasteiger partial charge in [-0.2, -0.15) is 0 Å². The number of imidazole rings is 1. The maximum absolute atomic E-state index is 13.3. The average Bonchev–Trinajstić information content (AvgIpc) is 2.89. The molecule has 1 fully saturated rings. The lowest BCUT2D eigenvalue weighted by molar-refractivity contribution is -0.139. The summed E-state index contributed by atoms with van der Waals surface area (Å²) in [7, 11) is 0. The predicted octanol–water partition coefficient (Wildman–Crippen LogP) is 3.07. The van der Waals surface area contributed by atoms with Crippen LogP contribution < -0.4 is 0 Å². The van der Waals surface area contributed by atoms with E-state index < -0.39 is 5.97 Å². The maximum atomic E-state index is 13.3. The lowest BCUT2D eigenvalue weighted by Gasteiger charge is -2.40. The van der Waals surface area contributed by atoms with Gasteiger partial charge in [0.2, 0.25) is 0 Å². The highest BCUT2D eigenvalue weighted by atomic mass is 19.1. The van der Waals surface area contributed by atoms with Gasteiger partial charge in [-0.15, -0.1) is 0 Å². The SMILES string of the molecule is CC(C)N1CCC(CC(=O)O)C(Cc2nc3ccc(F)cc3[nH]2)C1. The minimum atomic E-state index is -0.741. The molecule has 2 heterocycles. The maximum Gasteiger partial charge on any atom is 0.303 e. The number of nitrogens with one attached hydrogen (secondary N) is 1. The first-order valence-electron chi connectivity index (χ1n) is 8.52. The number of carbonyl (C=O) groups is 1. The molecule has 2 atom stereocenters. The fraction of sp³-hybridized carbons (Fsp3) is 0.556. The van der Waals surface area contributed by atoms with Crippen molar-refractivity contribution in [2.45, 2.75) is 39.2 Å². The summed E-state index contributed by atoms with van der Waals surface area (Å²) < 4.78 is 13.3. The summed E-state index contributed by atoms with van der Waals surface area (Å²) in [6.45, 7) is 6.15. The smallest absolute Gasteiger partial charge is 0.303 e. The van der Waals surface area contributed by atoms with Crippen LogP contribution in [0.5, 0.6) is 0 Å². The van der Waals surface area contributed by atoms with Crippen LogP contribution in [0.3, 0.4) is 0 Å². The lowest BCUT2D eigenvalue weighted by atomic mass is 9.80. The molecule has 2 aromatic rings. The van der Waals surface area contributed by atoms with E-state index in [9.17, 15) is 14.3 Å². The molecule has 2 N–H and O–H groups in total. The fourth-order valence-corrected chi connectivity index (χ4v) is 3.68. The van der Waals surface area contributed by atoms with E-state index in [1.807, 2.05) is 0 Å². The standard InChI is InChI=1S/C18H24FN3O2/c1-11(2)22-6-5-12(8-18(23)24)13(10-22)7-17-20-15-4-3-14(19)9-16(15)21-17/h3-4,9,11-13H,5-8,10H2,1-2H3,(H,20,21)(H,23,24). The highest BCUT2D eigenvalue weighted by Gasteiger charge is 2.32. The van der Waals surface area contributed by atoms with E-state index in [0.717, 1.165) is 30.9 Å². The number of benzene rings is 1. The molecular weight excluding hydrogens is 309 g/mol. The van der Waals surface area contributed by atoms with E-state index in [2.05, 4.69) is 28.7 Å². The van der Waals surface area contributed by atoms with Crippen LogP contribution in [-0.2, 0) is 11.2 Å². The fourth-order valence-electron chi connectivity index (χ4n) is 3.68. The number of aliphatic carboxylic acids is 1. The summed E-state index contributed by atoms with van der Waals surface area (Å²) >= 11 is 0. The largest absolute Gasteiger partial charge is 0.481 e. The molecule has 1 aliphatic heterocycles. The Bertz CT molecular complexity index is 728. The van der Waals surface area contributed by atoms with E-state index in [1.54, 1.807) is 6.07 Å². The molecule has 5 nitrogen and oxygen atoms in total. The topological polar surface area (TPSA) is 69.2 Å². The molecule has 0 bridgehead atoms. The Balaban J connectivity index is 1.79. The summed E-state index contributed by atoms with van der Waals surface area (Å²) in [4.78, 5) is 21.3. The first kappa shape index (κ1) is 16.9. The summed E-state index contributed by atoms with van der Waals surface area (Å²) in [5.41, 5.74) is 1.44. The zero-order valence-corrected chi connectivity index (χ0v) is 14.1. The van der Waals surface area contributed by atoms with Crippen LogP contribution in [0.2, 0.25) is 0 Å². The van der Waals surface area contributed by atoms with Crippen LogP contribution in [0, 0.1) is 17.7 Å². The van der Waals surface area contributed by atoms with Crippen LogP contribution >= 0.6 is 0 Å². The minimum Gasteiger partial charge on any atom is -0.481 e. The molecule has 6 heteroatoms. The van der Waals surface area contributed by atoms with Gasteiger partial charge in [-0.05, 0) is 56.8 Å². The zero-order valence-electron chi connectivity index (χ0n) is 14.1. The van der Waals surface area contributed by atoms with Crippen molar-refractivity contribution in [3.63, 3.8) is 0 Å². The van der Waals surface area contributed by atoms with Gasteiger partial charge in [0.25, 0.3) is 0 Å². The van der Waals surface area contributed by atoms with Crippen LogP contribution in [0.15, 0.2) is 18.2 Å². The second kappa shape index (κ2) is 6.89. The van der Waals surface area contributed by atoms with E-state index in [0.29, 0.717) is 18.0 Å². The van der Waals surface area contributed by atoms with Crippen molar-refractivity contribution < 1.29 is 14.3 Å². The quantitative estimate of drug-likeness (QED) is 0.882. The molecule has 1 aliphatic rings. The van der Waals surface area contributed by atoms with Gasteiger partial charge in [0, 0.05) is 25.4 Å². The third kappa shape index (κ3) is 3.75. The number of likely N-dealkylation sites (tertiary alicyclic amines) is 1. The third-order valence-corrected chi connectivity index (χ3v) is 5.04. The first-order valence-corrected chi connectivity index (χ1v) is 8.52. The molecule has 1 saturated heterocycles. The first-order chi connectivity index (χ1) is 11.4. The summed E-state index contributed by atoms with van der Waals surface area (Å²) in [5, 5.41) is 9.19. The van der Waals surface area contributed by atoms with Crippen LogP contribution in [0.1, 0.15) is 32.5 Å². The van der Waals surface area contributed by atoms with Gasteiger partial charge < -0.3 is 15.0 Å². The zero-order chi connectivity index (χ0) is 17.3. The number of hydrogen-bond acceptors (Lipinski definition) is 3. The van der Waals surface area contributed by atoms with Gasteiger partial charge in [0.1, 0.15) is 11.6 Å². The molecule has 0 spiro atoms. The molecule has 0 amide bonds. The molecule has 2 unspecified atom stereocenters. The van der Waals surface area contributed by atoms with E-state index in [1.165, 1.54) is 12.1 Å². The van der Waals surface area contributed by atoms with Gasteiger partial charge in [0.05, 0.1) is 11.0 Å². The van der Waals surface area contributed by atoms with Crippen molar-refractivity contribution in [2.75, 3.05) is 13.1 Å². The Kier molecular flexibility index (Phi) is 4.85. The van der Waals surface area contributed by atoms with Crippen molar-refractivity contribution >= 4 is 17.0 Å². The Morgan fingerprint density at radius 2 is 2.25 bits per heavy atom. The molecular formula is C18H24FN3O2. The molecule has 0 saturated carbocycles. The number of carboxylic acid groups (broad SMARTS) is 1. The molecule has 24 heavy (non-hydrogen) atoms. The Hall–Kier alpha value is -1.95. The van der Waals surface area contributed by atoms with Crippen molar-refractivity contribution in [1.82, 2.24) is 14.9 Å². The van der Waals surface area contributed by atoms with Crippen LogP contribution in [-0.4, -0.2) is 45.1 Å². The average molecular weight is 333 g/mol. The highest BCUT2D eigenvalue weighted by Crippen LogP contribution is 2.30. The van der Waals surface area contributed by atoms with E-state index >= 15 is 0 Å². The number of piperidine rings is 1. The van der Waals surface area contributed by atoms with E-state index in [-0.39, 0.29) is 24.1 Å². The minimum absolute atomic E-state index is 0.155. The number of aromatic amines is 1. The summed E-state index contributed by atoms with van der Waals surface area (Å²) in [5.74, 6) is 0.173. The predicted molar refractivity (Wildman–Crippen MR) is 90.3 cm³/mol. The normalized spacial score (nSPS) is 22.3. The van der Waals surface area contributed by atoms with Crippen molar-refractivity contribution in [2.24, 2.45) is 11.8 Å². The summed E-state index contributed by atoms with van der Waals surface area (Å²) in [6.07, 6.45) is 1.78. The highest BCUT2D eigenvalue weighted by molar-refractivity contribution is 5.74. The number of carboxylic acids is 1. The van der Waals surface area contributed by atoms with Crippen molar-refractivity contribution in [1.29, 1.82) is 0 Å². The van der Waals surface area contributed by atoms with Gasteiger partial charge in [-0.1, -0.05) is 0 Å². The number of rotatable bonds is 5. The Morgan fingerprint density at radius 1 is 1.46 bits per heavy atom. The van der Waals surface area contributed by atoms with Crippen LogP contribution in [0.4, 0.5) is 4.39 Å². The number of fused-ring (bicyclic) bond motifs is 1. The number of H-pyrrole nitrogens is 1. The molecule has 0 aliphatic carbocycles. The number of hydrogen-bond donors (Lipinski definition) is 2. The monoisotopic (exact) mass is 333 g/mol. The van der Waals surface area contributed by atoms with E-state index in [4.69, 9.17) is 0 Å². The molecule has 3 rings (SSSR count). The summed E-state index contributed by atoms with van der Waals surface area (Å²) in [6, 6.07) is 4.96. The second-order valence-corrected chi connectivity index (χ2v) is 7.04. The second-order valence-electron chi connectivity index (χ2n) is 7.04. The van der Waals surface area contributed by atoms with Crippen molar-refractivity contribution in [3.05, 3.63) is 29.8 Å². The van der Waals surface area contributed by atoms with Gasteiger partial charge >= 0.3 is 5.97 Å². The third-order valence-electron chi connectivity index (χ3n) is 5.04. The molecule has 0 radical (unpaired) electrons. The van der Waals surface area contributed by atoms with Crippen LogP contribution in [0.25, 0.3) is 11.0 Å². The molecule has 1 aromatic carbocycles.